The Morgan fingerprint density at radius 2 is 1.59 bits per heavy atom. The van der Waals surface area contributed by atoms with Crippen LogP contribution >= 0.6 is 74.1 Å². The van der Waals surface area contributed by atoms with E-state index in [0.717, 1.165) is 16.2 Å². The Morgan fingerprint density at radius 3 is 2.14 bits per heavy atom. The normalized spacial score (nSPS) is 11.1. The summed E-state index contributed by atoms with van der Waals surface area (Å²) in [5.74, 6) is -0.140. The predicted octanol–water partition coefficient (Wildman–Crippen LogP) is 6.95. The van der Waals surface area contributed by atoms with Gasteiger partial charge in [-0.25, -0.2) is 4.98 Å². The minimum atomic E-state index is -0.140. The summed E-state index contributed by atoms with van der Waals surface area (Å²) in [6, 6.07) is 7.04. The van der Waals surface area contributed by atoms with E-state index in [0.29, 0.717) is 10.5 Å². The van der Waals surface area contributed by atoms with Crippen molar-refractivity contribution >= 4 is 79.9 Å². The van der Waals surface area contributed by atoms with Crippen molar-refractivity contribution in [2.75, 3.05) is 0 Å². The SMILES string of the molecule is O=C(/C=C/Sc1c(Cl)c(Cl)nc(Cl)c1Cl)c1ccc(Br)cc1. The number of allylic oxidation sites excluding steroid dienone is 1. The fourth-order valence-corrected chi connectivity index (χ4v) is 3.54. The fraction of sp³-hybridized carbons (Fsp3) is 0. The third-order valence-electron chi connectivity index (χ3n) is 2.49. The summed E-state index contributed by atoms with van der Waals surface area (Å²) in [7, 11) is 0. The highest BCUT2D eigenvalue weighted by molar-refractivity contribution is 9.10. The van der Waals surface area contributed by atoms with Gasteiger partial charge in [0.25, 0.3) is 0 Å². The Bertz CT molecular complexity index is 723. The van der Waals surface area contributed by atoms with E-state index < -0.39 is 0 Å². The number of hydrogen-bond acceptors (Lipinski definition) is 3. The maximum absolute atomic E-state index is 12.0. The van der Waals surface area contributed by atoms with Gasteiger partial charge in [-0.2, -0.15) is 0 Å². The van der Waals surface area contributed by atoms with Crippen molar-refractivity contribution in [3.8, 4) is 0 Å². The largest absolute Gasteiger partial charge is 0.289 e. The summed E-state index contributed by atoms with van der Waals surface area (Å²) in [6.07, 6.45) is 1.42. The first-order valence-electron chi connectivity index (χ1n) is 5.73. The molecule has 0 aliphatic carbocycles. The predicted molar refractivity (Wildman–Crippen MR) is 97.7 cm³/mol. The van der Waals surface area contributed by atoms with Gasteiger partial charge >= 0.3 is 0 Å². The molecule has 0 saturated carbocycles. The highest BCUT2D eigenvalue weighted by Gasteiger charge is 2.15. The van der Waals surface area contributed by atoms with Gasteiger partial charge in [0.05, 0.1) is 14.9 Å². The van der Waals surface area contributed by atoms with E-state index in [9.17, 15) is 4.79 Å². The number of carbonyl (C=O) groups is 1. The Morgan fingerprint density at radius 1 is 1.05 bits per heavy atom. The van der Waals surface area contributed by atoms with Gasteiger partial charge in [0.15, 0.2) is 16.1 Å². The summed E-state index contributed by atoms with van der Waals surface area (Å²) >= 11 is 28.2. The van der Waals surface area contributed by atoms with Gasteiger partial charge in [0.1, 0.15) is 0 Å². The Labute approximate surface area is 159 Å². The molecule has 2 aromatic rings. The zero-order valence-electron chi connectivity index (χ0n) is 10.6. The van der Waals surface area contributed by atoms with Crippen molar-refractivity contribution in [1.82, 2.24) is 4.98 Å². The summed E-state index contributed by atoms with van der Waals surface area (Å²) in [6.45, 7) is 0. The number of benzene rings is 1. The standard InChI is InChI=1S/C14H6BrCl4NOS/c15-8-3-1-7(2-4-8)9(21)5-6-22-12-10(16)13(18)20-14(19)11(12)17/h1-6H/b6-5+. The number of pyridine rings is 1. The van der Waals surface area contributed by atoms with Crippen LogP contribution in [0.25, 0.3) is 0 Å². The van der Waals surface area contributed by atoms with E-state index in [1.54, 1.807) is 29.7 Å². The molecule has 0 aliphatic rings. The second kappa shape index (κ2) is 8.04. The van der Waals surface area contributed by atoms with Gasteiger partial charge in [-0.3, -0.25) is 4.79 Å². The Balaban J connectivity index is 2.16. The van der Waals surface area contributed by atoms with Gasteiger partial charge in [-0.15, -0.1) is 0 Å². The molecule has 0 unspecified atom stereocenters. The smallest absolute Gasteiger partial charge is 0.186 e. The van der Waals surface area contributed by atoms with Crippen LogP contribution in [0.5, 0.6) is 0 Å². The number of nitrogens with zero attached hydrogens (tertiary/aromatic N) is 1. The molecule has 8 heteroatoms. The number of carbonyl (C=O) groups excluding carboxylic acids is 1. The van der Waals surface area contributed by atoms with Crippen molar-refractivity contribution in [3.05, 3.63) is 66.1 Å². The van der Waals surface area contributed by atoms with Gasteiger partial charge in [0.2, 0.25) is 0 Å². The second-order valence-electron chi connectivity index (χ2n) is 3.94. The third-order valence-corrected chi connectivity index (χ3v) is 5.64. The average molecular weight is 458 g/mol. The van der Waals surface area contributed by atoms with Crippen LogP contribution in [-0.4, -0.2) is 10.8 Å². The van der Waals surface area contributed by atoms with Crippen LogP contribution < -0.4 is 0 Å². The van der Waals surface area contributed by atoms with Gasteiger partial charge in [0, 0.05) is 10.0 Å². The average Bonchev–Trinajstić information content (AvgIpc) is 2.49. The van der Waals surface area contributed by atoms with Crippen LogP contribution in [0.1, 0.15) is 10.4 Å². The van der Waals surface area contributed by atoms with Gasteiger partial charge < -0.3 is 0 Å². The molecule has 0 atom stereocenters. The van der Waals surface area contributed by atoms with Crippen molar-refractivity contribution in [3.63, 3.8) is 0 Å². The zero-order chi connectivity index (χ0) is 16.3. The number of thioether (sulfide) groups is 1. The molecule has 0 amide bonds. The molecule has 1 heterocycles. The second-order valence-corrected chi connectivity index (χ2v) is 7.25. The summed E-state index contributed by atoms with van der Waals surface area (Å²) in [4.78, 5) is 16.2. The lowest BCUT2D eigenvalue weighted by molar-refractivity contribution is 0.104. The number of halogens is 5. The van der Waals surface area contributed by atoms with E-state index >= 15 is 0 Å². The molecule has 0 saturated heterocycles. The summed E-state index contributed by atoms with van der Waals surface area (Å²) < 4.78 is 0.905. The molecular weight excluding hydrogens is 452 g/mol. The van der Waals surface area contributed by atoms with Crippen LogP contribution in [0, 0.1) is 0 Å². The number of rotatable bonds is 4. The fourth-order valence-electron chi connectivity index (χ4n) is 1.45. The first-order chi connectivity index (χ1) is 10.4. The van der Waals surface area contributed by atoms with Crippen molar-refractivity contribution in [2.24, 2.45) is 0 Å². The molecule has 2 rings (SSSR count). The molecule has 22 heavy (non-hydrogen) atoms. The van der Waals surface area contributed by atoms with Crippen molar-refractivity contribution in [1.29, 1.82) is 0 Å². The van der Waals surface area contributed by atoms with Crippen LogP contribution in [0.2, 0.25) is 20.4 Å². The quantitative estimate of drug-likeness (QED) is 0.215. The Hall–Kier alpha value is -0.230. The van der Waals surface area contributed by atoms with E-state index in [2.05, 4.69) is 20.9 Å². The minimum Gasteiger partial charge on any atom is -0.289 e. The lowest BCUT2D eigenvalue weighted by atomic mass is 10.1. The molecule has 0 N–H and O–H groups in total. The van der Waals surface area contributed by atoms with E-state index in [1.165, 1.54) is 6.08 Å². The van der Waals surface area contributed by atoms with Crippen molar-refractivity contribution in [2.45, 2.75) is 4.90 Å². The first kappa shape index (κ1) is 18.1. The van der Waals surface area contributed by atoms with Crippen LogP contribution in [0.3, 0.4) is 0 Å². The monoisotopic (exact) mass is 455 g/mol. The number of aromatic nitrogens is 1. The van der Waals surface area contributed by atoms with E-state index in [-0.39, 0.29) is 26.1 Å². The maximum Gasteiger partial charge on any atom is 0.186 e. The highest BCUT2D eigenvalue weighted by atomic mass is 79.9. The first-order valence-corrected chi connectivity index (χ1v) is 8.91. The molecule has 0 aliphatic heterocycles. The minimum absolute atomic E-state index is 0.0613. The van der Waals surface area contributed by atoms with Gasteiger partial charge in [-0.1, -0.05) is 74.1 Å². The lowest BCUT2D eigenvalue weighted by Crippen LogP contribution is -1.92. The van der Waals surface area contributed by atoms with E-state index in [1.807, 2.05) is 0 Å². The maximum atomic E-state index is 12.0. The van der Waals surface area contributed by atoms with E-state index in [4.69, 9.17) is 46.4 Å². The van der Waals surface area contributed by atoms with Gasteiger partial charge in [-0.05, 0) is 35.7 Å². The zero-order valence-corrected chi connectivity index (χ0v) is 16.0. The number of ketones is 1. The highest BCUT2D eigenvalue weighted by Crippen LogP contribution is 2.41. The molecule has 0 fully saturated rings. The molecular formula is C14H6BrCl4NOS. The molecule has 0 radical (unpaired) electrons. The van der Waals surface area contributed by atoms with Crippen molar-refractivity contribution < 1.29 is 4.79 Å². The molecule has 2 nitrogen and oxygen atoms in total. The topological polar surface area (TPSA) is 30.0 Å². The molecule has 1 aromatic carbocycles. The summed E-state index contributed by atoms with van der Waals surface area (Å²) in [5, 5.41) is 2.09. The van der Waals surface area contributed by atoms with Crippen LogP contribution in [0.4, 0.5) is 0 Å². The third kappa shape index (κ3) is 4.40. The molecule has 1 aromatic heterocycles. The molecule has 114 valence electrons. The molecule has 0 bridgehead atoms. The number of hydrogen-bond donors (Lipinski definition) is 0. The Kier molecular flexibility index (Phi) is 6.62. The van der Waals surface area contributed by atoms with Crippen LogP contribution in [-0.2, 0) is 0 Å². The molecule has 0 spiro atoms. The lowest BCUT2D eigenvalue weighted by Gasteiger charge is -2.06. The summed E-state index contributed by atoms with van der Waals surface area (Å²) in [5.41, 5.74) is 0.572. The van der Waals surface area contributed by atoms with Crippen LogP contribution in [0.15, 0.2) is 45.1 Å².